The molecule has 1 aliphatic heterocycles. The van der Waals surface area contributed by atoms with Gasteiger partial charge in [0.05, 0.1) is 24.1 Å². The normalized spacial score (nSPS) is 13.5. The minimum Gasteiger partial charge on any atom is -0.504 e. The number of thiazole rings is 1. The maximum atomic E-state index is 11.8. The highest BCUT2D eigenvalue weighted by Gasteiger charge is 2.18. The summed E-state index contributed by atoms with van der Waals surface area (Å²) in [5, 5.41) is 38.8. The van der Waals surface area contributed by atoms with Gasteiger partial charge < -0.3 is 25.4 Å². The molecule has 0 saturated carbocycles. The molecule has 0 atom stereocenters. The van der Waals surface area contributed by atoms with E-state index < -0.39 is 17.2 Å². The standard InChI is InChI=1S/C25H20N4O5S/c30-20-8-6-17(23(32)24(20)33)12-27-29-19(14-35-25(29)26-11-15-4-2-1-3-5-15)16-7-9-21-18(10-16)28-22(31)13-34-21/h1-10,12,14,30,32-33H,11,13H2,(H,28,31). The monoisotopic (exact) mass is 488 g/mol. The van der Waals surface area contributed by atoms with Crippen LogP contribution in [0, 0.1) is 0 Å². The van der Waals surface area contributed by atoms with Crippen LogP contribution >= 0.6 is 11.3 Å². The first-order valence-electron chi connectivity index (χ1n) is 10.6. The van der Waals surface area contributed by atoms with Crippen LogP contribution in [0.15, 0.2) is 76.1 Å². The number of carbonyl (C=O) groups excluding carboxylic acids is 1. The molecule has 0 fully saturated rings. The molecule has 1 amide bonds. The number of ether oxygens (including phenoxy) is 1. The van der Waals surface area contributed by atoms with Gasteiger partial charge in [0.15, 0.2) is 18.1 Å². The number of phenolic OH excluding ortho intramolecular Hbond substituents is 3. The molecule has 5 rings (SSSR count). The van der Waals surface area contributed by atoms with E-state index in [2.05, 4.69) is 10.4 Å². The van der Waals surface area contributed by atoms with E-state index in [4.69, 9.17) is 9.73 Å². The molecule has 0 bridgehead atoms. The molecule has 0 spiro atoms. The Balaban J connectivity index is 1.59. The fourth-order valence-corrected chi connectivity index (χ4v) is 4.35. The molecule has 1 aliphatic rings. The molecule has 35 heavy (non-hydrogen) atoms. The Morgan fingerprint density at radius 1 is 1.06 bits per heavy atom. The van der Waals surface area contributed by atoms with Crippen molar-refractivity contribution in [2.75, 3.05) is 11.9 Å². The summed E-state index contributed by atoms with van der Waals surface area (Å²) in [6.07, 6.45) is 1.37. The van der Waals surface area contributed by atoms with Gasteiger partial charge in [0, 0.05) is 16.5 Å². The lowest BCUT2D eigenvalue weighted by atomic mass is 10.1. The molecule has 0 saturated heterocycles. The van der Waals surface area contributed by atoms with Crippen molar-refractivity contribution < 1.29 is 24.9 Å². The fourth-order valence-electron chi connectivity index (χ4n) is 3.51. The number of aromatic hydroxyl groups is 3. The van der Waals surface area contributed by atoms with E-state index in [-0.39, 0.29) is 18.1 Å². The smallest absolute Gasteiger partial charge is 0.262 e. The molecule has 0 aliphatic carbocycles. The predicted molar refractivity (Wildman–Crippen MR) is 132 cm³/mol. The Morgan fingerprint density at radius 2 is 1.89 bits per heavy atom. The van der Waals surface area contributed by atoms with Crippen molar-refractivity contribution in [3.05, 3.63) is 82.0 Å². The van der Waals surface area contributed by atoms with Crippen LogP contribution < -0.4 is 14.9 Å². The third kappa shape index (κ3) is 4.59. The molecular formula is C25H20N4O5S. The van der Waals surface area contributed by atoms with Gasteiger partial charge in [-0.25, -0.2) is 4.68 Å². The van der Waals surface area contributed by atoms with Crippen molar-refractivity contribution in [1.82, 2.24) is 4.68 Å². The summed E-state index contributed by atoms with van der Waals surface area (Å²) in [7, 11) is 0. The van der Waals surface area contributed by atoms with Gasteiger partial charge in [0.25, 0.3) is 5.91 Å². The molecule has 4 N–H and O–H groups in total. The number of hydrogen-bond donors (Lipinski definition) is 4. The third-order valence-electron chi connectivity index (χ3n) is 5.31. The number of rotatable bonds is 5. The van der Waals surface area contributed by atoms with Crippen molar-refractivity contribution in [2.24, 2.45) is 10.1 Å². The third-order valence-corrected chi connectivity index (χ3v) is 6.16. The van der Waals surface area contributed by atoms with Gasteiger partial charge in [0.2, 0.25) is 10.6 Å². The number of benzene rings is 3. The Kier molecular flexibility index (Phi) is 5.94. The number of fused-ring (bicyclic) bond motifs is 1. The largest absolute Gasteiger partial charge is 0.504 e. The number of amides is 1. The minimum absolute atomic E-state index is 0.0272. The van der Waals surface area contributed by atoms with Crippen LogP contribution in [0.3, 0.4) is 0 Å². The van der Waals surface area contributed by atoms with E-state index in [1.54, 1.807) is 16.8 Å². The van der Waals surface area contributed by atoms with Crippen LogP contribution in [0.5, 0.6) is 23.0 Å². The van der Waals surface area contributed by atoms with Crippen molar-refractivity contribution >= 4 is 29.1 Å². The first-order valence-corrected chi connectivity index (χ1v) is 11.5. The molecule has 2 heterocycles. The van der Waals surface area contributed by atoms with E-state index in [9.17, 15) is 20.1 Å². The molecule has 176 valence electrons. The molecule has 10 heteroatoms. The van der Waals surface area contributed by atoms with E-state index in [1.807, 2.05) is 41.8 Å². The van der Waals surface area contributed by atoms with Gasteiger partial charge in [-0.2, -0.15) is 5.10 Å². The van der Waals surface area contributed by atoms with Gasteiger partial charge >= 0.3 is 0 Å². The Labute approximate surface area is 203 Å². The van der Waals surface area contributed by atoms with E-state index >= 15 is 0 Å². The van der Waals surface area contributed by atoms with E-state index in [1.165, 1.54) is 29.7 Å². The van der Waals surface area contributed by atoms with Crippen LogP contribution in [0.25, 0.3) is 11.3 Å². The molecular weight excluding hydrogens is 468 g/mol. The topological polar surface area (TPSA) is 129 Å². The number of aromatic nitrogens is 1. The van der Waals surface area contributed by atoms with Crippen LogP contribution in [-0.4, -0.2) is 38.7 Å². The average Bonchev–Trinajstić information content (AvgIpc) is 3.28. The summed E-state index contributed by atoms with van der Waals surface area (Å²) in [4.78, 5) is 17.1. The minimum atomic E-state index is -0.621. The number of carbonyl (C=O) groups is 1. The van der Waals surface area contributed by atoms with E-state index in [0.29, 0.717) is 28.5 Å². The summed E-state index contributed by atoms with van der Waals surface area (Å²) >= 11 is 1.39. The maximum absolute atomic E-state index is 11.8. The zero-order valence-electron chi connectivity index (χ0n) is 18.3. The average molecular weight is 489 g/mol. The Morgan fingerprint density at radius 3 is 2.71 bits per heavy atom. The zero-order chi connectivity index (χ0) is 24.4. The number of anilines is 1. The molecule has 3 aromatic carbocycles. The highest BCUT2D eigenvalue weighted by Crippen LogP contribution is 2.36. The van der Waals surface area contributed by atoms with Crippen LogP contribution in [0.2, 0.25) is 0 Å². The molecule has 1 aromatic heterocycles. The van der Waals surface area contributed by atoms with Crippen LogP contribution in [-0.2, 0) is 11.3 Å². The summed E-state index contributed by atoms with van der Waals surface area (Å²) in [5.41, 5.74) is 3.27. The van der Waals surface area contributed by atoms with Crippen molar-refractivity contribution in [2.45, 2.75) is 6.54 Å². The summed E-state index contributed by atoms with van der Waals surface area (Å²) in [6.45, 7) is 0.413. The van der Waals surface area contributed by atoms with E-state index in [0.717, 1.165) is 11.1 Å². The second-order valence-corrected chi connectivity index (χ2v) is 8.52. The fraction of sp³-hybridized carbons (Fsp3) is 0.0800. The highest BCUT2D eigenvalue weighted by atomic mass is 32.1. The predicted octanol–water partition coefficient (Wildman–Crippen LogP) is 3.65. The Hall–Kier alpha value is -4.57. The van der Waals surface area contributed by atoms with Gasteiger partial charge in [-0.05, 0) is 35.9 Å². The molecule has 9 nitrogen and oxygen atoms in total. The lowest BCUT2D eigenvalue weighted by molar-refractivity contribution is -0.118. The van der Waals surface area contributed by atoms with Gasteiger partial charge in [-0.1, -0.05) is 30.3 Å². The maximum Gasteiger partial charge on any atom is 0.262 e. The second-order valence-electron chi connectivity index (χ2n) is 7.68. The lowest BCUT2D eigenvalue weighted by Crippen LogP contribution is -2.25. The van der Waals surface area contributed by atoms with Gasteiger partial charge in [0.1, 0.15) is 5.75 Å². The molecule has 4 aromatic rings. The van der Waals surface area contributed by atoms with Crippen LogP contribution in [0.4, 0.5) is 5.69 Å². The number of nitrogens with one attached hydrogen (secondary N) is 1. The van der Waals surface area contributed by atoms with Gasteiger partial charge in [-0.3, -0.25) is 9.79 Å². The molecule has 0 radical (unpaired) electrons. The summed E-state index contributed by atoms with van der Waals surface area (Å²) < 4.78 is 7.07. The first kappa shape index (κ1) is 22.2. The number of nitrogens with zero attached hydrogens (tertiary/aromatic N) is 3. The molecule has 0 unspecified atom stereocenters. The quantitative estimate of drug-likeness (QED) is 0.252. The summed E-state index contributed by atoms with van der Waals surface area (Å²) in [6, 6.07) is 17.9. The summed E-state index contributed by atoms with van der Waals surface area (Å²) in [5.74, 6) is -1.18. The second kappa shape index (κ2) is 9.35. The first-order chi connectivity index (χ1) is 17.0. The zero-order valence-corrected chi connectivity index (χ0v) is 19.1. The van der Waals surface area contributed by atoms with Crippen molar-refractivity contribution in [3.8, 4) is 34.3 Å². The lowest BCUT2D eigenvalue weighted by Gasteiger charge is -2.18. The number of hydrogen-bond acceptors (Lipinski definition) is 8. The number of phenols is 3. The van der Waals surface area contributed by atoms with Crippen molar-refractivity contribution in [3.63, 3.8) is 0 Å². The van der Waals surface area contributed by atoms with Crippen molar-refractivity contribution in [1.29, 1.82) is 0 Å². The highest BCUT2D eigenvalue weighted by molar-refractivity contribution is 7.07. The Bertz CT molecular complexity index is 1510. The van der Waals surface area contributed by atoms with Crippen LogP contribution in [0.1, 0.15) is 11.1 Å². The van der Waals surface area contributed by atoms with Gasteiger partial charge in [-0.15, -0.1) is 11.3 Å². The SMILES string of the molecule is O=C1COc2ccc(-c3csc(=NCc4ccccc4)n3N=Cc3ccc(O)c(O)c3O)cc2N1.